The summed E-state index contributed by atoms with van der Waals surface area (Å²) < 4.78 is 0. The number of nitrogens with one attached hydrogen (secondary N) is 1. The normalized spacial score (nSPS) is 17.4. The maximum atomic E-state index is 12.2. The van der Waals surface area contributed by atoms with Gasteiger partial charge in [-0.15, -0.1) is 0 Å². The van der Waals surface area contributed by atoms with Gasteiger partial charge in [0.25, 0.3) is 0 Å². The van der Waals surface area contributed by atoms with E-state index in [0.717, 1.165) is 19.4 Å². The van der Waals surface area contributed by atoms with Crippen LogP contribution in [-0.2, 0) is 10.2 Å². The minimum absolute atomic E-state index is 0.170. The van der Waals surface area contributed by atoms with Crippen molar-refractivity contribution in [3.63, 3.8) is 0 Å². The monoisotopic (exact) mass is 273 g/mol. The van der Waals surface area contributed by atoms with E-state index in [9.17, 15) is 4.79 Å². The molecule has 0 radical (unpaired) electrons. The summed E-state index contributed by atoms with van der Waals surface area (Å²) in [4.78, 5) is 12.2. The van der Waals surface area contributed by atoms with Crippen molar-refractivity contribution in [3.05, 3.63) is 35.9 Å². The molecule has 0 bridgehead atoms. The third-order valence-corrected chi connectivity index (χ3v) is 4.90. The molecule has 110 valence electrons. The van der Waals surface area contributed by atoms with Gasteiger partial charge in [-0.05, 0) is 31.2 Å². The smallest absolute Gasteiger partial charge is 0.223 e. The van der Waals surface area contributed by atoms with Gasteiger partial charge in [-0.3, -0.25) is 4.79 Å². The maximum absolute atomic E-state index is 12.2. The first kappa shape index (κ1) is 15.1. The Balaban J connectivity index is 2.06. The van der Waals surface area contributed by atoms with E-state index < -0.39 is 0 Å². The van der Waals surface area contributed by atoms with Crippen LogP contribution >= 0.6 is 0 Å². The van der Waals surface area contributed by atoms with Crippen molar-refractivity contribution in [2.24, 2.45) is 5.92 Å². The van der Waals surface area contributed by atoms with Crippen LogP contribution in [0.5, 0.6) is 0 Å². The molecular weight excluding hydrogens is 246 g/mol. The fourth-order valence-electron chi connectivity index (χ4n) is 3.47. The Kier molecular flexibility index (Phi) is 5.22. The van der Waals surface area contributed by atoms with Crippen molar-refractivity contribution in [2.45, 2.75) is 57.8 Å². The Morgan fingerprint density at radius 3 is 2.30 bits per heavy atom. The zero-order valence-corrected chi connectivity index (χ0v) is 12.8. The molecule has 2 heteroatoms. The van der Waals surface area contributed by atoms with Gasteiger partial charge in [-0.1, -0.05) is 57.0 Å². The van der Waals surface area contributed by atoms with Gasteiger partial charge in [0.1, 0.15) is 0 Å². The summed E-state index contributed by atoms with van der Waals surface area (Å²) in [5.41, 5.74) is 1.56. The van der Waals surface area contributed by atoms with Crippen molar-refractivity contribution in [2.75, 3.05) is 6.54 Å². The lowest BCUT2D eigenvalue weighted by Gasteiger charge is -2.30. The molecule has 0 aromatic heterocycles. The Morgan fingerprint density at radius 1 is 1.15 bits per heavy atom. The van der Waals surface area contributed by atoms with E-state index in [0.29, 0.717) is 0 Å². The molecule has 1 fully saturated rings. The first-order chi connectivity index (χ1) is 9.72. The van der Waals surface area contributed by atoms with Gasteiger partial charge in [0.05, 0.1) is 0 Å². The second kappa shape index (κ2) is 6.92. The summed E-state index contributed by atoms with van der Waals surface area (Å²) in [6.45, 7) is 4.99. The van der Waals surface area contributed by atoms with E-state index in [-0.39, 0.29) is 17.2 Å². The lowest BCUT2D eigenvalue weighted by atomic mass is 9.78. The Bertz CT molecular complexity index is 416. The molecule has 0 unspecified atom stereocenters. The number of amides is 1. The van der Waals surface area contributed by atoms with Crippen molar-refractivity contribution in [3.8, 4) is 0 Å². The van der Waals surface area contributed by atoms with Crippen molar-refractivity contribution in [1.82, 2.24) is 5.32 Å². The largest absolute Gasteiger partial charge is 0.355 e. The van der Waals surface area contributed by atoms with E-state index in [1.165, 1.54) is 31.2 Å². The van der Waals surface area contributed by atoms with E-state index >= 15 is 0 Å². The molecule has 1 aromatic rings. The Hall–Kier alpha value is -1.31. The first-order valence-corrected chi connectivity index (χ1v) is 8.05. The fraction of sp³-hybridized carbons (Fsp3) is 0.611. The average molecular weight is 273 g/mol. The number of hydrogen-bond donors (Lipinski definition) is 1. The summed E-state index contributed by atoms with van der Waals surface area (Å²) in [7, 11) is 0. The van der Waals surface area contributed by atoms with Gasteiger partial charge >= 0.3 is 0 Å². The lowest BCUT2D eigenvalue weighted by molar-refractivity contribution is -0.125. The summed E-state index contributed by atoms with van der Waals surface area (Å²) in [6, 6.07) is 10.7. The van der Waals surface area contributed by atoms with Gasteiger partial charge in [0.15, 0.2) is 0 Å². The molecule has 1 aromatic carbocycles. The molecule has 0 heterocycles. The molecule has 2 rings (SSSR count). The average Bonchev–Trinajstić information content (AvgIpc) is 2.97. The first-order valence-electron chi connectivity index (χ1n) is 8.05. The highest BCUT2D eigenvalue weighted by molar-refractivity contribution is 5.78. The lowest BCUT2D eigenvalue weighted by Crippen LogP contribution is -2.41. The van der Waals surface area contributed by atoms with Gasteiger partial charge in [0, 0.05) is 17.9 Å². The summed E-state index contributed by atoms with van der Waals surface area (Å²) in [6.07, 6.45) is 6.80. The zero-order chi connectivity index (χ0) is 14.4. The Morgan fingerprint density at radius 2 is 1.75 bits per heavy atom. The van der Waals surface area contributed by atoms with Crippen LogP contribution in [0.15, 0.2) is 30.3 Å². The number of benzene rings is 1. The van der Waals surface area contributed by atoms with Crippen molar-refractivity contribution < 1.29 is 4.79 Å². The van der Waals surface area contributed by atoms with Crippen LogP contribution in [0, 0.1) is 5.92 Å². The molecule has 0 aliphatic heterocycles. The quantitative estimate of drug-likeness (QED) is 0.832. The molecule has 1 N–H and O–H groups in total. The van der Waals surface area contributed by atoms with Crippen LogP contribution in [0.25, 0.3) is 0 Å². The molecule has 1 aliphatic carbocycles. The predicted molar refractivity (Wildman–Crippen MR) is 83.7 cm³/mol. The van der Waals surface area contributed by atoms with Gasteiger partial charge in [0.2, 0.25) is 5.91 Å². The summed E-state index contributed by atoms with van der Waals surface area (Å²) >= 11 is 0. The number of carbonyl (C=O) groups excluding carboxylic acids is 1. The van der Waals surface area contributed by atoms with Crippen LogP contribution in [0.1, 0.15) is 57.9 Å². The molecule has 1 amide bonds. The number of rotatable bonds is 6. The molecule has 1 aliphatic rings. The van der Waals surface area contributed by atoms with Crippen molar-refractivity contribution in [1.29, 1.82) is 0 Å². The summed E-state index contributed by atoms with van der Waals surface area (Å²) in [5, 5.41) is 3.23. The van der Waals surface area contributed by atoms with Gasteiger partial charge in [-0.25, -0.2) is 0 Å². The van der Waals surface area contributed by atoms with Gasteiger partial charge < -0.3 is 5.32 Å². The summed E-state index contributed by atoms with van der Waals surface area (Å²) in [5.74, 6) is 0.404. The SMILES string of the molecule is CCC(CC)C(=O)NCC1(c2ccccc2)CCCC1. The second-order valence-corrected chi connectivity index (χ2v) is 6.08. The molecule has 2 nitrogen and oxygen atoms in total. The third-order valence-electron chi connectivity index (χ3n) is 4.90. The Labute approximate surface area is 123 Å². The molecule has 0 spiro atoms. The van der Waals surface area contributed by atoms with Crippen LogP contribution in [0.3, 0.4) is 0 Å². The molecule has 0 saturated heterocycles. The van der Waals surface area contributed by atoms with Crippen LogP contribution < -0.4 is 5.32 Å². The van der Waals surface area contributed by atoms with Crippen LogP contribution in [-0.4, -0.2) is 12.5 Å². The van der Waals surface area contributed by atoms with Crippen LogP contribution in [0.2, 0.25) is 0 Å². The molecular formula is C18H27NO. The number of hydrogen-bond acceptors (Lipinski definition) is 1. The maximum Gasteiger partial charge on any atom is 0.223 e. The van der Waals surface area contributed by atoms with Crippen LogP contribution in [0.4, 0.5) is 0 Å². The molecule has 20 heavy (non-hydrogen) atoms. The van der Waals surface area contributed by atoms with E-state index in [2.05, 4.69) is 49.5 Å². The fourth-order valence-corrected chi connectivity index (χ4v) is 3.47. The third kappa shape index (κ3) is 3.23. The second-order valence-electron chi connectivity index (χ2n) is 6.08. The predicted octanol–water partition coefficient (Wildman–Crippen LogP) is 4.05. The number of carbonyl (C=O) groups is 1. The molecule has 1 saturated carbocycles. The molecule has 0 atom stereocenters. The van der Waals surface area contributed by atoms with Crippen molar-refractivity contribution >= 4 is 5.91 Å². The van der Waals surface area contributed by atoms with Gasteiger partial charge in [-0.2, -0.15) is 0 Å². The van der Waals surface area contributed by atoms with E-state index in [4.69, 9.17) is 0 Å². The zero-order valence-electron chi connectivity index (χ0n) is 12.8. The highest BCUT2D eigenvalue weighted by atomic mass is 16.1. The minimum atomic E-state index is 0.170. The highest BCUT2D eigenvalue weighted by Gasteiger charge is 2.36. The van der Waals surface area contributed by atoms with E-state index in [1.54, 1.807) is 0 Å². The highest BCUT2D eigenvalue weighted by Crippen LogP contribution is 2.40. The minimum Gasteiger partial charge on any atom is -0.355 e. The topological polar surface area (TPSA) is 29.1 Å². The standard InChI is InChI=1S/C18H27NO/c1-3-15(4-2)17(20)19-14-18(12-8-9-13-18)16-10-6-5-7-11-16/h5-7,10-11,15H,3-4,8-9,12-14H2,1-2H3,(H,19,20). The van der Waals surface area contributed by atoms with E-state index in [1.807, 2.05) is 0 Å².